The molecule has 1 aromatic heterocycles. The molecule has 0 spiro atoms. The standard InChI is InChI=1S/C25H24Cl2N2O5S/c1-5-33-25(32)21-13(2)15(4)35-24(21)29-23(31)16-6-9-18(10-7-16)34-14(3)22(30)28-20-12-17(26)8-11-19(20)27/h6-12,14H,5H2,1-4H3,(H,28,30)(H,29,31). The topological polar surface area (TPSA) is 93.7 Å². The number of benzene rings is 2. The summed E-state index contributed by atoms with van der Waals surface area (Å²) in [7, 11) is 0. The number of amides is 2. The Bertz CT molecular complexity index is 1260. The molecule has 2 aromatic carbocycles. The van der Waals surface area contributed by atoms with Crippen molar-refractivity contribution in [1.82, 2.24) is 0 Å². The number of carbonyl (C=O) groups is 3. The maximum Gasteiger partial charge on any atom is 0.341 e. The summed E-state index contributed by atoms with van der Waals surface area (Å²) in [5.74, 6) is -0.869. The predicted octanol–water partition coefficient (Wildman–Crippen LogP) is 6.51. The second-order valence-corrected chi connectivity index (χ2v) is 9.63. The number of anilines is 2. The number of esters is 1. The van der Waals surface area contributed by atoms with Crippen LogP contribution in [0.15, 0.2) is 42.5 Å². The van der Waals surface area contributed by atoms with Gasteiger partial charge in [-0.2, -0.15) is 0 Å². The van der Waals surface area contributed by atoms with Crippen LogP contribution in [0.25, 0.3) is 0 Å². The van der Waals surface area contributed by atoms with Crippen LogP contribution in [0.3, 0.4) is 0 Å². The minimum Gasteiger partial charge on any atom is -0.481 e. The van der Waals surface area contributed by atoms with Crippen molar-refractivity contribution in [2.75, 3.05) is 17.2 Å². The van der Waals surface area contributed by atoms with E-state index in [0.717, 1.165) is 10.4 Å². The highest BCUT2D eigenvalue weighted by molar-refractivity contribution is 7.16. The van der Waals surface area contributed by atoms with Gasteiger partial charge in [-0.25, -0.2) is 4.79 Å². The molecule has 0 bridgehead atoms. The van der Waals surface area contributed by atoms with E-state index in [-0.39, 0.29) is 12.5 Å². The van der Waals surface area contributed by atoms with Crippen LogP contribution in [-0.4, -0.2) is 30.5 Å². The minimum absolute atomic E-state index is 0.241. The van der Waals surface area contributed by atoms with E-state index < -0.39 is 18.0 Å². The second kappa shape index (κ2) is 11.6. The first-order valence-electron chi connectivity index (χ1n) is 10.7. The summed E-state index contributed by atoms with van der Waals surface area (Å²) in [6.07, 6.45) is -0.839. The lowest BCUT2D eigenvalue weighted by atomic mass is 10.1. The highest BCUT2D eigenvalue weighted by atomic mass is 35.5. The van der Waals surface area contributed by atoms with Gasteiger partial charge in [-0.3, -0.25) is 9.59 Å². The molecule has 3 rings (SSSR count). The maximum atomic E-state index is 12.8. The number of halogens is 2. The number of hydrogen-bond acceptors (Lipinski definition) is 6. The Hall–Kier alpha value is -3.07. The number of nitrogens with one attached hydrogen (secondary N) is 2. The van der Waals surface area contributed by atoms with Gasteiger partial charge in [0.15, 0.2) is 6.10 Å². The molecule has 2 amide bonds. The number of carbonyl (C=O) groups excluding carboxylic acids is 3. The van der Waals surface area contributed by atoms with Gasteiger partial charge in [0.05, 0.1) is 22.9 Å². The van der Waals surface area contributed by atoms with Crippen molar-refractivity contribution in [3.63, 3.8) is 0 Å². The maximum absolute atomic E-state index is 12.8. The summed E-state index contributed by atoms with van der Waals surface area (Å²) >= 11 is 13.4. The monoisotopic (exact) mass is 534 g/mol. The van der Waals surface area contributed by atoms with E-state index >= 15 is 0 Å². The Kier molecular flexibility index (Phi) is 8.77. The van der Waals surface area contributed by atoms with Crippen LogP contribution in [0.4, 0.5) is 10.7 Å². The summed E-state index contributed by atoms with van der Waals surface area (Å²) in [4.78, 5) is 38.5. The molecule has 3 aromatic rings. The molecule has 35 heavy (non-hydrogen) atoms. The molecule has 0 saturated heterocycles. The van der Waals surface area contributed by atoms with E-state index in [0.29, 0.717) is 37.6 Å². The Morgan fingerprint density at radius 1 is 1.03 bits per heavy atom. The number of aryl methyl sites for hydroxylation is 1. The largest absolute Gasteiger partial charge is 0.481 e. The number of ether oxygens (including phenoxy) is 2. The molecule has 184 valence electrons. The molecular formula is C25H24Cl2N2O5S. The fourth-order valence-corrected chi connectivity index (χ4v) is 4.49. The lowest BCUT2D eigenvalue weighted by Crippen LogP contribution is -2.30. The van der Waals surface area contributed by atoms with Gasteiger partial charge in [-0.05, 0) is 75.7 Å². The molecule has 1 heterocycles. The molecule has 0 aliphatic carbocycles. The van der Waals surface area contributed by atoms with E-state index in [1.165, 1.54) is 11.3 Å². The molecule has 0 aliphatic rings. The van der Waals surface area contributed by atoms with Crippen LogP contribution >= 0.6 is 34.5 Å². The smallest absolute Gasteiger partial charge is 0.341 e. The molecule has 0 saturated carbocycles. The summed E-state index contributed by atoms with van der Waals surface area (Å²) in [6, 6.07) is 11.1. The SMILES string of the molecule is CCOC(=O)c1c(NC(=O)c2ccc(OC(C)C(=O)Nc3cc(Cl)ccc3Cl)cc2)sc(C)c1C. The fourth-order valence-electron chi connectivity index (χ4n) is 3.11. The Labute approximate surface area is 217 Å². The van der Waals surface area contributed by atoms with E-state index in [9.17, 15) is 14.4 Å². The predicted molar refractivity (Wildman–Crippen MR) is 139 cm³/mol. The second-order valence-electron chi connectivity index (χ2n) is 7.56. The fraction of sp³-hybridized carbons (Fsp3) is 0.240. The Balaban J connectivity index is 1.65. The van der Waals surface area contributed by atoms with Crippen molar-refractivity contribution in [1.29, 1.82) is 0 Å². The third-order valence-electron chi connectivity index (χ3n) is 5.08. The van der Waals surface area contributed by atoms with Crippen molar-refractivity contribution in [3.05, 3.63) is 74.1 Å². The molecule has 10 heteroatoms. The van der Waals surface area contributed by atoms with Gasteiger partial charge >= 0.3 is 5.97 Å². The van der Waals surface area contributed by atoms with Crippen molar-refractivity contribution in [3.8, 4) is 5.75 Å². The van der Waals surface area contributed by atoms with Crippen molar-refractivity contribution in [2.24, 2.45) is 0 Å². The third-order valence-corrected chi connectivity index (χ3v) is 6.76. The van der Waals surface area contributed by atoms with Crippen LogP contribution in [0.1, 0.15) is 45.0 Å². The van der Waals surface area contributed by atoms with Gasteiger partial charge in [0.1, 0.15) is 10.8 Å². The zero-order chi connectivity index (χ0) is 25.7. The van der Waals surface area contributed by atoms with Crippen LogP contribution in [0.5, 0.6) is 5.75 Å². The molecule has 0 fully saturated rings. The van der Waals surface area contributed by atoms with Crippen LogP contribution < -0.4 is 15.4 Å². The highest BCUT2D eigenvalue weighted by Gasteiger charge is 2.23. The number of hydrogen-bond donors (Lipinski definition) is 2. The van der Waals surface area contributed by atoms with Crippen LogP contribution in [0.2, 0.25) is 10.0 Å². The van der Waals surface area contributed by atoms with E-state index in [1.54, 1.807) is 56.3 Å². The van der Waals surface area contributed by atoms with Crippen molar-refractivity contribution < 1.29 is 23.9 Å². The number of thiophene rings is 1. The molecule has 7 nitrogen and oxygen atoms in total. The molecule has 1 atom stereocenters. The molecule has 0 aliphatic heterocycles. The van der Waals surface area contributed by atoms with E-state index in [2.05, 4.69) is 10.6 Å². The molecule has 1 unspecified atom stereocenters. The number of rotatable bonds is 8. The van der Waals surface area contributed by atoms with Gasteiger partial charge in [0.2, 0.25) is 0 Å². The first-order chi connectivity index (χ1) is 16.6. The van der Waals surface area contributed by atoms with Crippen LogP contribution in [-0.2, 0) is 9.53 Å². The lowest BCUT2D eigenvalue weighted by Gasteiger charge is -2.16. The van der Waals surface area contributed by atoms with Gasteiger partial charge in [0.25, 0.3) is 11.8 Å². The average Bonchev–Trinajstić information content (AvgIpc) is 3.09. The quantitative estimate of drug-likeness (QED) is 0.321. The first kappa shape index (κ1) is 26.5. The van der Waals surface area contributed by atoms with Crippen molar-refractivity contribution >= 4 is 63.0 Å². The summed E-state index contributed by atoms with van der Waals surface area (Å²) in [5.41, 5.74) is 1.88. The Morgan fingerprint density at radius 2 is 1.71 bits per heavy atom. The summed E-state index contributed by atoms with van der Waals surface area (Å²) in [6.45, 7) is 7.25. The van der Waals surface area contributed by atoms with Gasteiger partial charge in [0, 0.05) is 15.5 Å². The first-order valence-corrected chi connectivity index (χ1v) is 12.3. The lowest BCUT2D eigenvalue weighted by molar-refractivity contribution is -0.122. The zero-order valence-electron chi connectivity index (χ0n) is 19.5. The van der Waals surface area contributed by atoms with E-state index in [1.807, 2.05) is 13.8 Å². The molecular weight excluding hydrogens is 511 g/mol. The Morgan fingerprint density at radius 3 is 2.37 bits per heavy atom. The zero-order valence-corrected chi connectivity index (χ0v) is 21.9. The highest BCUT2D eigenvalue weighted by Crippen LogP contribution is 2.33. The minimum atomic E-state index is -0.839. The normalized spacial score (nSPS) is 11.5. The summed E-state index contributed by atoms with van der Waals surface area (Å²) in [5, 5.41) is 6.70. The van der Waals surface area contributed by atoms with Crippen molar-refractivity contribution in [2.45, 2.75) is 33.8 Å². The van der Waals surface area contributed by atoms with Gasteiger partial charge in [-0.1, -0.05) is 23.2 Å². The van der Waals surface area contributed by atoms with E-state index in [4.69, 9.17) is 32.7 Å². The molecule has 2 N–H and O–H groups in total. The average molecular weight is 535 g/mol. The molecule has 0 radical (unpaired) electrons. The van der Waals surface area contributed by atoms with Gasteiger partial charge < -0.3 is 20.1 Å². The van der Waals surface area contributed by atoms with Crippen LogP contribution in [0, 0.1) is 13.8 Å². The summed E-state index contributed by atoms with van der Waals surface area (Å²) < 4.78 is 10.8. The third kappa shape index (κ3) is 6.54. The van der Waals surface area contributed by atoms with Gasteiger partial charge in [-0.15, -0.1) is 11.3 Å².